The number of rotatable bonds is 4. The van der Waals surface area contributed by atoms with E-state index in [9.17, 15) is 0 Å². The second-order valence-electron chi connectivity index (χ2n) is 3.78. The Labute approximate surface area is 104 Å². The highest BCUT2D eigenvalue weighted by atomic mass is 32.1. The smallest absolute Gasteiger partial charge is 0.110 e. The fraction of sp³-hybridized carbons (Fsp3) is 0.455. The van der Waals surface area contributed by atoms with Gasteiger partial charge in [0.25, 0.3) is 0 Å². The second-order valence-corrected chi connectivity index (χ2v) is 5.98. The molecule has 16 heavy (non-hydrogen) atoms. The zero-order valence-electron chi connectivity index (χ0n) is 9.65. The van der Waals surface area contributed by atoms with Crippen molar-refractivity contribution in [3.8, 4) is 0 Å². The van der Waals surface area contributed by atoms with Crippen molar-refractivity contribution in [2.24, 2.45) is 0 Å². The van der Waals surface area contributed by atoms with Crippen molar-refractivity contribution in [3.63, 3.8) is 0 Å². The topological polar surface area (TPSA) is 37.8 Å². The van der Waals surface area contributed by atoms with E-state index in [4.69, 9.17) is 0 Å². The minimum Gasteiger partial charge on any atom is -0.303 e. The summed E-state index contributed by atoms with van der Waals surface area (Å²) in [5, 5.41) is 7.82. The molecule has 0 aliphatic rings. The van der Waals surface area contributed by atoms with E-state index in [-0.39, 0.29) is 0 Å². The first-order chi connectivity index (χ1) is 7.65. The third kappa shape index (κ3) is 2.87. The normalized spacial score (nSPS) is 12.9. The molecule has 86 valence electrons. The monoisotopic (exact) mass is 253 g/mol. The Morgan fingerprint density at radius 1 is 1.44 bits per heavy atom. The van der Waals surface area contributed by atoms with Gasteiger partial charge in [0.15, 0.2) is 0 Å². The molecule has 1 unspecified atom stereocenters. The van der Waals surface area contributed by atoms with Gasteiger partial charge in [0, 0.05) is 28.7 Å². The molecule has 2 heterocycles. The first-order valence-electron chi connectivity index (χ1n) is 5.22. The van der Waals surface area contributed by atoms with Crippen molar-refractivity contribution < 1.29 is 0 Å². The minimum absolute atomic E-state index is 0.307. The van der Waals surface area contributed by atoms with Crippen LogP contribution in [0.25, 0.3) is 0 Å². The summed E-state index contributed by atoms with van der Waals surface area (Å²) in [5.41, 5.74) is 1.10. The number of hydrogen-bond donors (Lipinski definition) is 1. The molecule has 0 radical (unpaired) electrons. The van der Waals surface area contributed by atoms with E-state index in [1.165, 1.54) is 4.88 Å². The second kappa shape index (κ2) is 5.03. The summed E-state index contributed by atoms with van der Waals surface area (Å²) in [5.74, 6) is 0. The van der Waals surface area contributed by atoms with Crippen molar-refractivity contribution in [1.29, 1.82) is 0 Å². The molecule has 2 aromatic heterocycles. The summed E-state index contributed by atoms with van der Waals surface area (Å²) >= 11 is 3.45. The fourth-order valence-electron chi connectivity index (χ4n) is 1.40. The summed E-state index contributed by atoms with van der Waals surface area (Å²) in [4.78, 5) is 9.98. The van der Waals surface area contributed by atoms with Crippen molar-refractivity contribution in [2.75, 3.05) is 0 Å². The van der Waals surface area contributed by atoms with Gasteiger partial charge in [-0.25, -0.2) is 9.97 Å². The van der Waals surface area contributed by atoms with Gasteiger partial charge in [-0.05, 0) is 20.8 Å². The Balaban J connectivity index is 1.91. The van der Waals surface area contributed by atoms with Crippen molar-refractivity contribution in [2.45, 2.75) is 33.4 Å². The van der Waals surface area contributed by atoms with Gasteiger partial charge < -0.3 is 5.32 Å². The summed E-state index contributed by atoms with van der Waals surface area (Å²) in [7, 11) is 0. The SMILES string of the molecule is Cc1csc(C(C)NCc2cnc(C)s2)n1. The van der Waals surface area contributed by atoms with Crippen molar-refractivity contribution >= 4 is 22.7 Å². The molecule has 5 heteroatoms. The van der Waals surface area contributed by atoms with Crippen LogP contribution in [0.4, 0.5) is 0 Å². The summed E-state index contributed by atoms with van der Waals surface area (Å²) < 4.78 is 0. The molecule has 0 saturated heterocycles. The van der Waals surface area contributed by atoms with Gasteiger partial charge in [0.05, 0.1) is 11.0 Å². The van der Waals surface area contributed by atoms with Crippen LogP contribution < -0.4 is 5.32 Å². The van der Waals surface area contributed by atoms with Crippen LogP contribution >= 0.6 is 22.7 Å². The lowest BCUT2D eigenvalue weighted by atomic mass is 10.3. The molecule has 2 aromatic rings. The van der Waals surface area contributed by atoms with Gasteiger partial charge in [-0.3, -0.25) is 0 Å². The predicted octanol–water partition coefficient (Wildman–Crippen LogP) is 3.07. The molecule has 0 aromatic carbocycles. The van der Waals surface area contributed by atoms with Crippen LogP contribution in [-0.4, -0.2) is 9.97 Å². The largest absolute Gasteiger partial charge is 0.303 e. The van der Waals surface area contributed by atoms with Crippen molar-refractivity contribution in [3.05, 3.63) is 32.2 Å². The van der Waals surface area contributed by atoms with Crippen LogP contribution in [0, 0.1) is 13.8 Å². The zero-order chi connectivity index (χ0) is 11.5. The Bertz CT molecular complexity index is 461. The lowest BCUT2D eigenvalue weighted by Crippen LogP contribution is -2.17. The van der Waals surface area contributed by atoms with Gasteiger partial charge in [-0.15, -0.1) is 22.7 Å². The van der Waals surface area contributed by atoms with Crippen LogP contribution in [-0.2, 0) is 6.54 Å². The van der Waals surface area contributed by atoms with Crippen LogP contribution in [0.15, 0.2) is 11.6 Å². The first kappa shape index (κ1) is 11.7. The number of thiazole rings is 2. The number of hydrogen-bond acceptors (Lipinski definition) is 5. The Hall–Kier alpha value is -0.780. The molecule has 1 N–H and O–H groups in total. The van der Waals surface area contributed by atoms with E-state index in [2.05, 4.69) is 27.6 Å². The Kier molecular flexibility index (Phi) is 3.68. The average molecular weight is 253 g/mol. The first-order valence-corrected chi connectivity index (χ1v) is 6.91. The van der Waals surface area contributed by atoms with Crippen LogP contribution in [0.3, 0.4) is 0 Å². The summed E-state index contributed by atoms with van der Waals surface area (Å²) in [6.45, 7) is 7.07. The van der Waals surface area contributed by atoms with E-state index < -0.39 is 0 Å². The molecule has 0 spiro atoms. The van der Waals surface area contributed by atoms with Gasteiger partial charge >= 0.3 is 0 Å². The van der Waals surface area contributed by atoms with Gasteiger partial charge in [-0.1, -0.05) is 0 Å². The number of aromatic nitrogens is 2. The standard InChI is InChI=1S/C11H15N3S2/c1-7-6-15-11(14-7)8(2)12-4-10-5-13-9(3)16-10/h5-6,8,12H,4H2,1-3H3. The highest BCUT2D eigenvalue weighted by Gasteiger charge is 2.09. The van der Waals surface area contributed by atoms with Crippen LogP contribution in [0.5, 0.6) is 0 Å². The Morgan fingerprint density at radius 3 is 2.81 bits per heavy atom. The third-order valence-electron chi connectivity index (χ3n) is 2.26. The molecule has 3 nitrogen and oxygen atoms in total. The van der Waals surface area contributed by atoms with E-state index >= 15 is 0 Å². The highest BCUT2D eigenvalue weighted by Crippen LogP contribution is 2.19. The van der Waals surface area contributed by atoms with E-state index in [1.807, 2.05) is 20.0 Å². The molecule has 0 amide bonds. The summed E-state index contributed by atoms with van der Waals surface area (Å²) in [6, 6.07) is 0.307. The molecule has 1 atom stereocenters. The maximum absolute atomic E-state index is 4.47. The molecule has 2 rings (SSSR count). The highest BCUT2D eigenvalue weighted by molar-refractivity contribution is 7.11. The molecule has 0 aliphatic heterocycles. The van der Waals surface area contributed by atoms with Crippen molar-refractivity contribution in [1.82, 2.24) is 15.3 Å². The Morgan fingerprint density at radius 2 is 2.25 bits per heavy atom. The molecular weight excluding hydrogens is 238 g/mol. The summed E-state index contributed by atoms with van der Waals surface area (Å²) in [6.07, 6.45) is 1.94. The number of nitrogens with zero attached hydrogens (tertiary/aromatic N) is 2. The lowest BCUT2D eigenvalue weighted by molar-refractivity contribution is 0.574. The molecule has 0 bridgehead atoms. The predicted molar refractivity (Wildman–Crippen MR) is 69.0 cm³/mol. The van der Waals surface area contributed by atoms with E-state index in [0.717, 1.165) is 22.3 Å². The van der Waals surface area contributed by atoms with Gasteiger partial charge in [0.1, 0.15) is 5.01 Å². The maximum Gasteiger partial charge on any atom is 0.110 e. The van der Waals surface area contributed by atoms with Gasteiger partial charge in [-0.2, -0.15) is 0 Å². The lowest BCUT2D eigenvalue weighted by Gasteiger charge is -2.09. The third-order valence-corrected chi connectivity index (χ3v) is 4.32. The van der Waals surface area contributed by atoms with Gasteiger partial charge in [0.2, 0.25) is 0 Å². The minimum atomic E-state index is 0.307. The molecular formula is C11H15N3S2. The van der Waals surface area contributed by atoms with Crippen LogP contribution in [0.2, 0.25) is 0 Å². The van der Waals surface area contributed by atoms with E-state index in [0.29, 0.717) is 6.04 Å². The van der Waals surface area contributed by atoms with Crippen LogP contribution in [0.1, 0.15) is 33.6 Å². The van der Waals surface area contributed by atoms with E-state index in [1.54, 1.807) is 22.7 Å². The number of nitrogens with one attached hydrogen (secondary N) is 1. The molecule has 0 aliphatic carbocycles. The zero-order valence-corrected chi connectivity index (χ0v) is 11.3. The average Bonchev–Trinajstić information content (AvgIpc) is 2.84. The molecule has 0 saturated carbocycles. The number of aryl methyl sites for hydroxylation is 2. The quantitative estimate of drug-likeness (QED) is 0.910. The molecule has 0 fully saturated rings. The maximum atomic E-state index is 4.47. The fourth-order valence-corrected chi connectivity index (χ4v) is 2.97.